The van der Waals surface area contributed by atoms with Gasteiger partial charge in [-0.1, -0.05) is 121 Å². The summed E-state index contributed by atoms with van der Waals surface area (Å²) in [6.45, 7) is 8.55. The van der Waals surface area contributed by atoms with Gasteiger partial charge in [0.05, 0.1) is 11.4 Å². The molecular weight excluding hydrogens is 774 g/mol. The minimum absolute atomic E-state index is 0. The van der Waals surface area contributed by atoms with Crippen LogP contribution in [0.2, 0.25) is 0 Å². The van der Waals surface area contributed by atoms with Crippen LogP contribution in [0.5, 0.6) is 11.5 Å². The molecule has 0 unspecified atom stereocenters. The van der Waals surface area contributed by atoms with Crippen LogP contribution in [0, 0.1) is 27.7 Å². The van der Waals surface area contributed by atoms with E-state index in [4.69, 9.17) is 9.98 Å². The minimum Gasteiger partial charge on any atom is -0.507 e. The van der Waals surface area contributed by atoms with Crippen LogP contribution in [0.1, 0.15) is 33.4 Å². The molecule has 0 aromatic heterocycles. The van der Waals surface area contributed by atoms with Crippen molar-refractivity contribution < 1.29 is 29.7 Å². The van der Waals surface area contributed by atoms with E-state index in [2.05, 4.69) is 149 Å². The van der Waals surface area contributed by atoms with Crippen LogP contribution >= 0.6 is 0 Å². The van der Waals surface area contributed by atoms with E-state index in [1.807, 2.05) is 24.6 Å². The fourth-order valence-electron chi connectivity index (χ4n) is 9.27. The van der Waals surface area contributed by atoms with Crippen molar-refractivity contribution >= 4 is 88.4 Å². The molecule has 0 bridgehead atoms. The summed E-state index contributed by atoms with van der Waals surface area (Å²) in [5.74, 6) is 0.361. The molecule has 4 nitrogen and oxygen atoms in total. The standard InChI is InChI=1S/C54H40N2O2.Zn/c1-31-37-15-9-11-17-39(37)33(3)51-41(31)23-27-49(57)45(51)29-55-47-25-21-35-13-5-7-19-43(35)53(47)54-44-20-8-6-14-36(44)22-26-48(54)56-30-46-50(58)28-24-42-32(2)38-16-10-12-18-40(38)34(4)52(42)46;/h5-30,57-58H,1-4H3;. The predicted molar refractivity (Wildman–Crippen MR) is 247 cm³/mol. The first-order chi connectivity index (χ1) is 28.3. The third-order valence-electron chi connectivity index (χ3n) is 12.2. The quantitative estimate of drug-likeness (QED) is 0.103. The molecule has 5 heteroatoms. The zero-order chi connectivity index (χ0) is 39.7. The van der Waals surface area contributed by atoms with Crippen molar-refractivity contribution in [2.24, 2.45) is 9.98 Å². The maximum Gasteiger partial charge on any atom is 0.125 e. The van der Waals surface area contributed by atoms with Crippen molar-refractivity contribution in [2.75, 3.05) is 0 Å². The summed E-state index contributed by atoms with van der Waals surface area (Å²) in [6, 6.07) is 49.6. The van der Waals surface area contributed by atoms with Crippen LogP contribution in [0.4, 0.5) is 11.4 Å². The first kappa shape index (κ1) is 37.9. The number of nitrogens with zero attached hydrogens (tertiary/aromatic N) is 2. The molecule has 0 fully saturated rings. The fourth-order valence-corrected chi connectivity index (χ4v) is 9.27. The maximum absolute atomic E-state index is 11.5. The number of fused-ring (bicyclic) bond motifs is 6. The van der Waals surface area contributed by atoms with Crippen molar-refractivity contribution in [1.29, 1.82) is 0 Å². The first-order valence-electron chi connectivity index (χ1n) is 19.7. The predicted octanol–water partition coefficient (Wildman–Crippen LogP) is 14.4. The molecule has 10 rings (SSSR count). The second kappa shape index (κ2) is 14.9. The summed E-state index contributed by atoms with van der Waals surface area (Å²) in [5.41, 5.74) is 9.31. The Labute approximate surface area is 355 Å². The molecule has 0 saturated carbocycles. The van der Waals surface area contributed by atoms with Gasteiger partial charge in [0.1, 0.15) is 11.5 Å². The van der Waals surface area contributed by atoms with Crippen LogP contribution in [-0.2, 0) is 19.5 Å². The van der Waals surface area contributed by atoms with Crippen LogP contribution in [0.25, 0.3) is 75.8 Å². The number of hydrogen-bond acceptors (Lipinski definition) is 4. The van der Waals surface area contributed by atoms with Crippen molar-refractivity contribution in [1.82, 2.24) is 0 Å². The summed E-state index contributed by atoms with van der Waals surface area (Å²) in [4.78, 5) is 10.5. The van der Waals surface area contributed by atoms with Gasteiger partial charge in [-0.15, -0.1) is 0 Å². The summed E-state index contributed by atoms with van der Waals surface area (Å²) in [5, 5.41) is 36.0. The van der Waals surface area contributed by atoms with Gasteiger partial charge >= 0.3 is 0 Å². The third-order valence-corrected chi connectivity index (χ3v) is 12.2. The number of aromatic hydroxyl groups is 2. The van der Waals surface area contributed by atoms with Crippen molar-refractivity contribution in [3.05, 3.63) is 179 Å². The Bertz CT molecular complexity index is 3190. The average Bonchev–Trinajstić information content (AvgIpc) is 3.26. The van der Waals surface area contributed by atoms with Crippen molar-refractivity contribution in [3.8, 4) is 22.6 Å². The van der Waals surface area contributed by atoms with Crippen molar-refractivity contribution in [3.63, 3.8) is 0 Å². The van der Waals surface area contributed by atoms with E-state index in [1.54, 1.807) is 12.1 Å². The molecule has 0 aliphatic heterocycles. The molecular formula is C54H40N2O2Zn. The Kier molecular flexibility index (Phi) is 9.58. The second-order valence-electron chi connectivity index (χ2n) is 15.3. The number of aryl methyl sites for hydroxylation is 4. The molecule has 2 N–H and O–H groups in total. The molecule has 59 heavy (non-hydrogen) atoms. The minimum atomic E-state index is 0. The van der Waals surface area contributed by atoms with Gasteiger partial charge < -0.3 is 10.2 Å². The normalized spacial score (nSPS) is 11.9. The van der Waals surface area contributed by atoms with Crippen LogP contribution in [0.15, 0.2) is 156 Å². The Hall–Kier alpha value is -6.68. The monoisotopic (exact) mass is 812 g/mol. The molecule has 10 aromatic carbocycles. The van der Waals surface area contributed by atoms with Crippen LogP contribution in [0.3, 0.4) is 0 Å². The van der Waals surface area contributed by atoms with Gasteiger partial charge in [-0.25, -0.2) is 0 Å². The summed E-state index contributed by atoms with van der Waals surface area (Å²) < 4.78 is 0. The van der Waals surface area contributed by atoms with Gasteiger partial charge in [-0.2, -0.15) is 0 Å². The zero-order valence-electron chi connectivity index (χ0n) is 33.5. The van der Waals surface area contributed by atoms with E-state index in [1.165, 1.54) is 21.9 Å². The number of aliphatic imine (C=N–C) groups is 2. The summed E-state index contributed by atoms with van der Waals surface area (Å²) in [7, 11) is 0. The number of phenols is 2. The SMILES string of the molecule is Cc1c2ccccc2c(C)c2c(C=Nc3ccc4ccccc4c3-c3c(N=Cc4c(O)ccc5c(C)c6ccccc6c(C)c45)ccc4ccccc34)c(O)ccc12.[Zn]. The first-order valence-corrected chi connectivity index (χ1v) is 19.7. The number of benzene rings is 10. The molecule has 0 heterocycles. The zero-order valence-corrected chi connectivity index (χ0v) is 36.5. The number of rotatable bonds is 5. The molecule has 0 aliphatic carbocycles. The summed E-state index contributed by atoms with van der Waals surface area (Å²) >= 11 is 0. The Morgan fingerprint density at radius 1 is 0.356 bits per heavy atom. The van der Waals surface area contributed by atoms with Gasteiger partial charge in [0.15, 0.2) is 0 Å². The van der Waals surface area contributed by atoms with Gasteiger partial charge in [-0.3, -0.25) is 9.98 Å². The third kappa shape index (κ3) is 6.08. The van der Waals surface area contributed by atoms with E-state index in [-0.39, 0.29) is 31.0 Å². The molecule has 0 amide bonds. The van der Waals surface area contributed by atoms with E-state index >= 15 is 0 Å². The molecule has 0 spiro atoms. The molecule has 10 aromatic rings. The van der Waals surface area contributed by atoms with E-state index in [9.17, 15) is 10.2 Å². The topological polar surface area (TPSA) is 65.2 Å². The Morgan fingerprint density at radius 3 is 1.08 bits per heavy atom. The number of phenolic OH excluding ortho intramolecular Hbond substituents is 2. The Morgan fingerprint density at radius 2 is 0.695 bits per heavy atom. The molecule has 0 aliphatic rings. The van der Waals surface area contributed by atoms with E-state index in [0.717, 1.165) is 87.5 Å². The smallest absolute Gasteiger partial charge is 0.125 e. The largest absolute Gasteiger partial charge is 0.507 e. The van der Waals surface area contributed by atoms with Crippen LogP contribution in [-0.4, -0.2) is 22.6 Å². The maximum atomic E-state index is 11.5. The molecule has 0 atom stereocenters. The molecule has 280 valence electrons. The van der Waals surface area contributed by atoms with Crippen molar-refractivity contribution in [2.45, 2.75) is 27.7 Å². The number of hydrogen-bond donors (Lipinski definition) is 2. The van der Waals surface area contributed by atoms with Gasteiger partial charge in [0.25, 0.3) is 0 Å². The van der Waals surface area contributed by atoms with Gasteiger partial charge in [0.2, 0.25) is 0 Å². The van der Waals surface area contributed by atoms with E-state index < -0.39 is 0 Å². The second-order valence-corrected chi connectivity index (χ2v) is 15.3. The summed E-state index contributed by atoms with van der Waals surface area (Å²) in [6.07, 6.45) is 3.65. The molecule has 0 saturated heterocycles. The fraction of sp³-hybridized carbons (Fsp3) is 0.0741. The van der Waals surface area contributed by atoms with E-state index in [0.29, 0.717) is 11.1 Å². The Balaban J connectivity index is 0.00000449. The van der Waals surface area contributed by atoms with Crippen LogP contribution < -0.4 is 0 Å². The van der Waals surface area contributed by atoms with Gasteiger partial charge in [0, 0.05) is 54.2 Å². The average molecular weight is 814 g/mol. The van der Waals surface area contributed by atoms with Gasteiger partial charge in [-0.05, 0) is 139 Å². The molecule has 0 radical (unpaired) electrons.